The molecule has 0 aliphatic carbocycles. The van der Waals surface area contributed by atoms with Gasteiger partial charge in [-0.2, -0.15) is 0 Å². The highest BCUT2D eigenvalue weighted by atomic mass is 32.1. The standard InChI is InChI=1S/C11H22N2OS/c1-9(2)10-4-6-13(8-10)11(15)12-5-7-14-3/h9-10H,4-8H2,1-3H3,(H,12,15). The maximum absolute atomic E-state index is 5.33. The van der Waals surface area contributed by atoms with E-state index in [1.54, 1.807) is 7.11 Å². The van der Waals surface area contributed by atoms with Crippen molar-refractivity contribution in [3.63, 3.8) is 0 Å². The maximum Gasteiger partial charge on any atom is 0.169 e. The zero-order valence-corrected chi connectivity index (χ0v) is 10.8. The quantitative estimate of drug-likeness (QED) is 0.584. The van der Waals surface area contributed by atoms with Gasteiger partial charge in [0, 0.05) is 26.7 Å². The Balaban J connectivity index is 2.24. The van der Waals surface area contributed by atoms with Gasteiger partial charge in [-0.25, -0.2) is 0 Å². The van der Waals surface area contributed by atoms with Crippen molar-refractivity contribution < 1.29 is 4.74 Å². The minimum Gasteiger partial charge on any atom is -0.383 e. The number of ether oxygens (including phenoxy) is 1. The SMILES string of the molecule is COCCNC(=S)N1CCC(C(C)C)C1. The van der Waals surface area contributed by atoms with E-state index in [-0.39, 0.29) is 0 Å². The average Bonchev–Trinajstić information content (AvgIpc) is 2.66. The third kappa shape index (κ3) is 3.95. The minimum absolute atomic E-state index is 0.710. The number of likely N-dealkylation sites (tertiary alicyclic amines) is 1. The zero-order chi connectivity index (χ0) is 11.3. The maximum atomic E-state index is 5.33. The van der Waals surface area contributed by atoms with Gasteiger partial charge in [0.2, 0.25) is 0 Å². The smallest absolute Gasteiger partial charge is 0.169 e. The van der Waals surface area contributed by atoms with E-state index in [1.807, 2.05) is 0 Å². The molecule has 1 N–H and O–H groups in total. The van der Waals surface area contributed by atoms with E-state index in [9.17, 15) is 0 Å². The normalized spacial score (nSPS) is 21.1. The fourth-order valence-corrected chi connectivity index (χ4v) is 2.16. The van der Waals surface area contributed by atoms with Gasteiger partial charge in [0.25, 0.3) is 0 Å². The predicted molar refractivity (Wildman–Crippen MR) is 67.0 cm³/mol. The van der Waals surface area contributed by atoms with Crippen molar-refractivity contribution in [2.45, 2.75) is 20.3 Å². The highest BCUT2D eigenvalue weighted by molar-refractivity contribution is 7.80. The zero-order valence-electron chi connectivity index (χ0n) is 9.95. The van der Waals surface area contributed by atoms with Crippen molar-refractivity contribution >= 4 is 17.3 Å². The molecule has 0 spiro atoms. The van der Waals surface area contributed by atoms with Gasteiger partial charge in [-0.15, -0.1) is 0 Å². The van der Waals surface area contributed by atoms with Crippen LogP contribution in [-0.2, 0) is 4.74 Å². The summed E-state index contributed by atoms with van der Waals surface area (Å²) >= 11 is 5.33. The first-order valence-electron chi connectivity index (χ1n) is 5.67. The van der Waals surface area contributed by atoms with Crippen LogP contribution in [0.4, 0.5) is 0 Å². The van der Waals surface area contributed by atoms with Crippen LogP contribution in [0.15, 0.2) is 0 Å². The third-order valence-corrected chi connectivity index (χ3v) is 3.44. The van der Waals surface area contributed by atoms with Crippen LogP contribution in [0, 0.1) is 11.8 Å². The number of nitrogens with one attached hydrogen (secondary N) is 1. The number of rotatable bonds is 4. The van der Waals surface area contributed by atoms with Crippen LogP contribution in [0.2, 0.25) is 0 Å². The molecule has 1 fully saturated rings. The molecule has 1 aliphatic rings. The van der Waals surface area contributed by atoms with Crippen LogP contribution in [-0.4, -0.2) is 43.4 Å². The Kier molecular flexibility index (Phi) is 5.32. The molecule has 3 nitrogen and oxygen atoms in total. The highest BCUT2D eigenvalue weighted by Crippen LogP contribution is 2.23. The molecule has 88 valence electrons. The molecule has 0 saturated carbocycles. The van der Waals surface area contributed by atoms with Gasteiger partial charge in [0.05, 0.1) is 6.61 Å². The molecule has 1 rings (SSSR count). The van der Waals surface area contributed by atoms with Gasteiger partial charge >= 0.3 is 0 Å². The molecular formula is C11H22N2OS. The van der Waals surface area contributed by atoms with Gasteiger partial charge in [-0.05, 0) is 30.5 Å². The molecule has 1 aliphatic heterocycles. The Bertz CT molecular complexity index is 209. The Hall–Kier alpha value is -0.350. The molecule has 4 heteroatoms. The third-order valence-electron chi connectivity index (χ3n) is 3.04. The Morgan fingerprint density at radius 2 is 2.33 bits per heavy atom. The summed E-state index contributed by atoms with van der Waals surface area (Å²) in [5.74, 6) is 1.56. The molecule has 0 aromatic heterocycles. The van der Waals surface area contributed by atoms with Crippen LogP contribution in [0.1, 0.15) is 20.3 Å². The van der Waals surface area contributed by atoms with Crippen LogP contribution >= 0.6 is 12.2 Å². The van der Waals surface area contributed by atoms with E-state index in [0.717, 1.165) is 36.6 Å². The summed E-state index contributed by atoms with van der Waals surface area (Å²) < 4.78 is 4.97. The first kappa shape index (κ1) is 12.7. The van der Waals surface area contributed by atoms with E-state index in [1.165, 1.54) is 6.42 Å². The van der Waals surface area contributed by atoms with Crippen molar-refractivity contribution in [1.29, 1.82) is 0 Å². The molecule has 1 unspecified atom stereocenters. The number of hydrogen-bond donors (Lipinski definition) is 1. The van der Waals surface area contributed by atoms with Crippen molar-refractivity contribution in [1.82, 2.24) is 10.2 Å². The lowest BCUT2D eigenvalue weighted by atomic mass is 9.95. The summed E-state index contributed by atoms with van der Waals surface area (Å²) in [6, 6.07) is 0. The summed E-state index contributed by atoms with van der Waals surface area (Å²) in [5, 5.41) is 4.10. The van der Waals surface area contributed by atoms with Crippen molar-refractivity contribution in [3.05, 3.63) is 0 Å². The molecule has 0 bridgehead atoms. The molecule has 0 aromatic carbocycles. The average molecular weight is 230 g/mol. The van der Waals surface area contributed by atoms with Crippen molar-refractivity contribution in [2.75, 3.05) is 33.4 Å². The fourth-order valence-electron chi connectivity index (χ4n) is 1.89. The first-order valence-corrected chi connectivity index (χ1v) is 6.07. The van der Waals surface area contributed by atoms with E-state index >= 15 is 0 Å². The molecule has 0 aromatic rings. The van der Waals surface area contributed by atoms with Crippen LogP contribution in [0.25, 0.3) is 0 Å². The summed E-state index contributed by atoms with van der Waals surface area (Å²) in [6.45, 7) is 8.29. The Morgan fingerprint density at radius 1 is 1.60 bits per heavy atom. The lowest BCUT2D eigenvalue weighted by Crippen LogP contribution is -2.39. The number of hydrogen-bond acceptors (Lipinski definition) is 2. The molecule has 1 heterocycles. The van der Waals surface area contributed by atoms with E-state index in [4.69, 9.17) is 17.0 Å². The van der Waals surface area contributed by atoms with Gasteiger partial charge in [-0.1, -0.05) is 13.8 Å². The topological polar surface area (TPSA) is 24.5 Å². The molecular weight excluding hydrogens is 208 g/mol. The van der Waals surface area contributed by atoms with Crippen LogP contribution in [0.3, 0.4) is 0 Å². The second-order valence-electron chi connectivity index (χ2n) is 4.46. The first-order chi connectivity index (χ1) is 7.15. The van der Waals surface area contributed by atoms with E-state index in [0.29, 0.717) is 6.61 Å². The van der Waals surface area contributed by atoms with Gasteiger partial charge in [-0.3, -0.25) is 0 Å². The van der Waals surface area contributed by atoms with Gasteiger partial charge < -0.3 is 15.0 Å². The monoisotopic (exact) mass is 230 g/mol. The number of methoxy groups -OCH3 is 1. The lowest BCUT2D eigenvalue weighted by Gasteiger charge is -2.21. The highest BCUT2D eigenvalue weighted by Gasteiger charge is 2.25. The lowest BCUT2D eigenvalue weighted by molar-refractivity contribution is 0.203. The van der Waals surface area contributed by atoms with Crippen LogP contribution < -0.4 is 5.32 Å². The predicted octanol–water partition coefficient (Wildman–Crippen LogP) is 1.49. The van der Waals surface area contributed by atoms with E-state index in [2.05, 4.69) is 24.1 Å². The summed E-state index contributed by atoms with van der Waals surface area (Å²) in [6.07, 6.45) is 1.27. The molecule has 1 atom stereocenters. The summed E-state index contributed by atoms with van der Waals surface area (Å²) in [5.41, 5.74) is 0. The second kappa shape index (κ2) is 6.28. The minimum atomic E-state index is 0.710. The molecule has 15 heavy (non-hydrogen) atoms. The number of nitrogens with zero attached hydrogens (tertiary/aromatic N) is 1. The second-order valence-corrected chi connectivity index (χ2v) is 4.85. The Labute approximate surface area is 98.2 Å². The van der Waals surface area contributed by atoms with Crippen LogP contribution in [0.5, 0.6) is 0 Å². The van der Waals surface area contributed by atoms with Gasteiger partial charge in [0.1, 0.15) is 0 Å². The molecule has 0 amide bonds. The summed E-state index contributed by atoms with van der Waals surface area (Å²) in [4.78, 5) is 2.27. The van der Waals surface area contributed by atoms with Crippen molar-refractivity contribution in [3.8, 4) is 0 Å². The van der Waals surface area contributed by atoms with Crippen molar-refractivity contribution in [2.24, 2.45) is 11.8 Å². The number of thiocarbonyl (C=S) groups is 1. The van der Waals surface area contributed by atoms with E-state index < -0.39 is 0 Å². The molecule has 1 saturated heterocycles. The molecule has 0 radical (unpaired) electrons. The van der Waals surface area contributed by atoms with Gasteiger partial charge in [0.15, 0.2) is 5.11 Å². The summed E-state index contributed by atoms with van der Waals surface area (Å²) in [7, 11) is 1.70. The fraction of sp³-hybridized carbons (Fsp3) is 0.909. The Morgan fingerprint density at radius 3 is 2.87 bits per heavy atom. The largest absolute Gasteiger partial charge is 0.383 e.